The van der Waals surface area contributed by atoms with Crippen LogP contribution in [0.2, 0.25) is 0 Å². The third kappa shape index (κ3) is 3.62. The van der Waals surface area contributed by atoms with Gasteiger partial charge in [-0.2, -0.15) is 0 Å². The van der Waals surface area contributed by atoms with E-state index < -0.39 is 0 Å². The molecule has 0 spiro atoms. The summed E-state index contributed by atoms with van der Waals surface area (Å²) in [5.41, 5.74) is 0.966. The van der Waals surface area contributed by atoms with Gasteiger partial charge in [0.1, 0.15) is 11.9 Å². The van der Waals surface area contributed by atoms with Crippen molar-refractivity contribution in [3.63, 3.8) is 0 Å². The Morgan fingerprint density at radius 3 is 2.40 bits per heavy atom. The van der Waals surface area contributed by atoms with Crippen molar-refractivity contribution in [3.8, 4) is 5.75 Å². The fourth-order valence-electron chi connectivity index (χ4n) is 1.32. The third-order valence-electron chi connectivity index (χ3n) is 2.00. The Bertz CT molecular complexity index is 316. The SMILES string of the molecule is CCOc1ccc(C(C)OC(C)=O)cc1. The quantitative estimate of drug-likeness (QED) is 0.714. The summed E-state index contributed by atoms with van der Waals surface area (Å²) in [6.45, 7) is 5.84. The second kappa shape index (κ2) is 5.39. The first-order chi connectivity index (χ1) is 7.13. The van der Waals surface area contributed by atoms with Crippen molar-refractivity contribution in [2.24, 2.45) is 0 Å². The molecule has 0 amide bonds. The fraction of sp³-hybridized carbons (Fsp3) is 0.417. The molecule has 0 fully saturated rings. The highest BCUT2D eigenvalue weighted by Crippen LogP contribution is 2.20. The van der Waals surface area contributed by atoms with Gasteiger partial charge in [-0.3, -0.25) is 4.79 Å². The zero-order chi connectivity index (χ0) is 11.3. The maximum Gasteiger partial charge on any atom is 0.303 e. The molecule has 0 heterocycles. The van der Waals surface area contributed by atoms with Crippen molar-refractivity contribution in [1.82, 2.24) is 0 Å². The predicted octanol–water partition coefficient (Wildman–Crippen LogP) is 2.71. The lowest BCUT2D eigenvalue weighted by Crippen LogP contribution is -2.04. The fourth-order valence-corrected chi connectivity index (χ4v) is 1.32. The average molecular weight is 208 g/mol. The summed E-state index contributed by atoms with van der Waals surface area (Å²) >= 11 is 0. The first kappa shape index (κ1) is 11.6. The Balaban J connectivity index is 2.66. The average Bonchev–Trinajstić information content (AvgIpc) is 2.18. The molecular formula is C12H16O3. The molecule has 1 rings (SSSR count). The highest BCUT2D eigenvalue weighted by molar-refractivity contribution is 5.66. The number of hydrogen-bond donors (Lipinski definition) is 0. The molecule has 82 valence electrons. The monoisotopic (exact) mass is 208 g/mol. The van der Waals surface area contributed by atoms with Gasteiger partial charge < -0.3 is 9.47 Å². The number of rotatable bonds is 4. The molecule has 0 saturated carbocycles. The van der Waals surface area contributed by atoms with E-state index in [2.05, 4.69) is 0 Å². The Kier molecular flexibility index (Phi) is 4.16. The standard InChI is InChI=1S/C12H16O3/c1-4-14-12-7-5-11(6-8-12)9(2)15-10(3)13/h5-9H,4H2,1-3H3. The van der Waals surface area contributed by atoms with Gasteiger partial charge in [-0.15, -0.1) is 0 Å². The summed E-state index contributed by atoms with van der Waals surface area (Å²) < 4.78 is 10.4. The van der Waals surface area contributed by atoms with Crippen LogP contribution in [0.5, 0.6) is 5.75 Å². The molecule has 3 nitrogen and oxygen atoms in total. The van der Waals surface area contributed by atoms with Crippen molar-refractivity contribution in [3.05, 3.63) is 29.8 Å². The van der Waals surface area contributed by atoms with Crippen LogP contribution >= 0.6 is 0 Å². The highest BCUT2D eigenvalue weighted by Gasteiger charge is 2.07. The molecule has 1 atom stereocenters. The molecule has 0 N–H and O–H groups in total. The van der Waals surface area contributed by atoms with E-state index in [0.29, 0.717) is 6.61 Å². The molecule has 15 heavy (non-hydrogen) atoms. The highest BCUT2D eigenvalue weighted by atomic mass is 16.5. The number of hydrogen-bond acceptors (Lipinski definition) is 3. The van der Waals surface area contributed by atoms with Crippen molar-refractivity contribution >= 4 is 5.97 Å². The third-order valence-corrected chi connectivity index (χ3v) is 2.00. The van der Waals surface area contributed by atoms with E-state index >= 15 is 0 Å². The van der Waals surface area contributed by atoms with Crippen molar-refractivity contribution < 1.29 is 14.3 Å². The van der Waals surface area contributed by atoms with Gasteiger partial charge in [0.25, 0.3) is 0 Å². The van der Waals surface area contributed by atoms with Gasteiger partial charge in [-0.1, -0.05) is 12.1 Å². The van der Waals surface area contributed by atoms with E-state index in [0.717, 1.165) is 11.3 Å². The lowest BCUT2D eigenvalue weighted by Gasteiger charge is -2.12. The lowest BCUT2D eigenvalue weighted by atomic mass is 10.1. The zero-order valence-corrected chi connectivity index (χ0v) is 9.32. The van der Waals surface area contributed by atoms with Gasteiger partial charge >= 0.3 is 5.97 Å². The van der Waals surface area contributed by atoms with E-state index in [1.54, 1.807) is 0 Å². The van der Waals surface area contributed by atoms with Crippen LogP contribution < -0.4 is 4.74 Å². The molecule has 1 aromatic rings. The van der Waals surface area contributed by atoms with Gasteiger partial charge in [0.2, 0.25) is 0 Å². The number of carbonyl (C=O) groups excluding carboxylic acids is 1. The molecule has 1 unspecified atom stereocenters. The normalized spacial score (nSPS) is 11.9. The Labute approximate surface area is 90.0 Å². The van der Waals surface area contributed by atoms with Crippen LogP contribution in [0, 0.1) is 0 Å². The van der Waals surface area contributed by atoms with E-state index in [1.165, 1.54) is 6.92 Å². The van der Waals surface area contributed by atoms with Gasteiger partial charge in [0.15, 0.2) is 0 Å². The molecule has 0 bridgehead atoms. The molecule has 0 aromatic heterocycles. The molecule has 0 aliphatic heterocycles. The van der Waals surface area contributed by atoms with E-state index in [4.69, 9.17) is 9.47 Å². The number of ether oxygens (including phenoxy) is 2. The van der Waals surface area contributed by atoms with Crippen LogP contribution in [0.4, 0.5) is 0 Å². The summed E-state index contributed by atoms with van der Waals surface area (Å²) in [6, 6.07) is 7.55. The minimum atomic E-state index is -0.267. The van der Waals surface area contributed by atoms with Crippen molar-refractivity contribution in [2.45, 2.75) is 26.9 Å². The Morgan fingerprint density at radius 1 is 1.33 bits per heavy atom. The van der Waals surface area contributed by atoms with Gasteiger partial charge in [0, 0.05) is 6.92 Å². The molecule has 0 aliphatic carbocycles. The Morgan fingerprint density at radius 2 is 1.93 bits per heavy atom. The van der Waals surface area contributed by atoms with Crippen molar-refractivity contribution in [2.75, 3.05) is 6.61 Å². The van der Waals surface area contributed by atoms with Gasteiger partial charge in [0.05, 0.1) is 6.61 Å². The number of esters is 1. The minimum absolute atomic E-state index is 0.210. The van der Waals surface area contributed by atoms with Gasteiger partial charge in [-0.25, -0.2) is 0 Å². The van der Waals surface area contributed by atoms with Crippen LogP contribution in [0.1, 0.15) is 32.4 Å². The molecule has 0 saturated heterocycles. The molecule has 1 aromatic carbocycles. The van der Waals surface area contributed by atoms with Crippen LogP contribution in [0.3, 0.4) is 0 Å². The topological polar surface area (TPSA) is 35.5 Å². The summed E-state index contributed by atoms with van der Waals surface area (Å²) in [4.78, 5) is 10.8. The lowest BCUT2D eigenvalue weighted by molar-refractivity contribution is -0.145. The van der Waals surface area contributed by atoms with Crippen LogP contribution in [-0.4, -0.2) is 12.6 Å². The molecule has 0 aliphatic rings. The molecule has 3 heteroatoms. The number of benzene rings is 1. The zero-order valence-electron chi connectivity index (χ0n) is 9.32. The minimum Gasteiger partial charge on any atom is -0.494 e. The first-order valence-corrected chi connectivity index (χ1v) is 5.03. The molecular weight excluding hydrogens is 192 g/mol. The summed E-state index contributed by atoms with van der Waals surface area (Å²) in [6.07, 6.45) is -0.210. The summed E-state index contributed by atoms with van der Waals surface area (Å²) in [5, 5.41) is 0. The second-order valence-corrected chi connectivity index (χ2v) is 3.25. The summed E-state index contributed by atoms with van der Waals surface area (Å²) in [5.74, 6) is 0.563. The Hall–Kier alpha value is -1.51. The second-order valence-electron chi connectivity index (χ2n) is 3.25. The maximum atomic E-state index is 10.8. The van der Waals surface area contributed by atoms with E-state index in [-0.39, 0.29) is 12.1 Å². The largest absolute Gasteiger partial charge is 0.494 e. The molecule has 0 radical (unpaired) electrons. The predicted molar refractivity (Wildman–Crippen MR) is 57.8 cm³/mol. The van der Waals surface area contributed by atoms with Crippen LogP contribution in [0.25, 0.3) is 0 Å². The smallest absolute Gasteiger partial charge is 0.303 e. The van der Waals surface area contributed by atoms with Crippen LogP contribution in [0.15, 0.2) is 24.3 Å². The maximum absolute atomic E-state index is 10.8. The van der Waals surface area contributed by atoms with Crippen molar-refractivity contribution in [1.29, 1.82) is 0 Å². The number of carbonyl (C=O) groups is 1. The van der Waals surface area contributed by atoms with E-state index in [9.17, 15) is 4.79 Å². The first-order valence-electron chi connectivity index (χ1n) is 5.03. The van der Waals surface area contributed by atoms with E-state index in [1.807, 2.05) is 38.1 Å². The van der Waals surface area contributed by atoms with Crippen LogP contribution in [-0.2, 0) is 9.53 Å². The van der Waals surface area contributed by atoms with Gasteiger partial charge in [-0.05, 0) is 31.5 Å². The summed E-state index contributed by atoms with van der Waals surface area (Å²) in [7, 11) is 0.